The molecule has 0 aliphatic heterocycles. The average Bonchev–Trinajstić information content (AvgIpc) is 2.69. The van der Waals surface area contributed by atoms with Crippen molar-refractivity contribution in [2.75, 3.05) is 0 Å². The predicted octanol–water partition coefficient (Wildman–Crippen LogP) is 2.16. The maximum absolute atomic E-state index is 11.9. The molecule has 0 unspecified atom stereocenters. The quantitative estimate of drug-likeness (QED) is 0.720. The minimum absolute atomic E-state index is 0.398. The van der Waals surface area contributed by atoms with Crippen LogP contribution in [0.2, 0.25) is 0 Å². The van der Waals surface area contributed by atoms with E-state index in [9.17, 15) is 4.79 Å². The first kappa shape index (κ1) is 12.1. The first-order chi connectivity index (χ1) is 8.40. The average molecular weight is 243 g/mol. The fourth-order valence-corrected chi connectivity index (χ4v) is 1.54. The Morgan fingerprint density at radius 3 is 2.78 bits per heavy atom. The summed E-state index contributed by atoms with van der Waals surface area (Å²) in [5, 5.41) is 12.8. The van der Waals surface area contributed by atoms with Crippen LogP contribution in [-0.2, 0) is 4.74 Å². The van der Waals surface area contributed by atoms with E-state index in [0.29, 0.717) is 16.6 Å². The zero-order valence-electron chi connectivity index (χ0n) is 10.5. The normalized spacial score (nSPS) is 11.2. The molecular weight excluding hydrogens is 230 g/mol. The molecule has 2 rings (SSSR count). The molecule has 92 valence electrons. The molecule has 2 heterocycles. The molecule has 18 heavy (non-hydrogen) atoms. The second-order valence-electron chi connectivity index (χ2n) is 4.92. The molecule has 0 aliphatic rings. The van der Waals surface area contributed by atoms with Crippen molar-refractivity contribution in [3.63, 3.8) is 0 Å². The highest BCUT2D eigenvalue weighted by atomic mass is 16.6. The third-order valence-electron chi connectivity index (χ3n) is 2.26. The van der Waals surface area contributed by atoms with Gasteiger partial charge in [0.2, 0.25) is 0 Å². The number of nitriles is 1. The molecule has 0 fully saturated rings. The molecule has 0 saturated heterocycles. The summed E-state index contributed by atoms with van der Waals surface area (Å²) in [5.74, 6) is -0.415. The van der Waals surface area contributed by atoms with E-state index < -0.39 is 11.6 Å². The van der Waals surface area contributed by atoms with Gasteiger partial charge in [-0.05, 0) is 32.9 Å². The van der Waals surface area contributed by atoms with Crippen LogP contribution < -0.4 is 0 Å². The molecule has 0 aliphatic carbocycles. The molecule has 0 atom stereocenters. The SMILES string of the molecule is CC(C)(C)OC(=O)c1cnn2cc(C#N)ccc12. The van der Waals surface area contributed by atoms with Crippen LogP contribution in [0.5, 0.6) is 0 Å². The van der Waals surface area contributed by atoms with Crippen LogP contribution in [0.4, 0.5) is 0 Å². The van der Waals surface area contributed by atoms with Gasteiger partial charge in [-0.15, -0.1) is 0 Å². The summed E-state index contributed by atoms with van der Waals surface area (Å²) >= 11 is 0. The van der Waals surface area contributed by atoms with Crippen LogP contribution in [0, 0.1) is 11.3 Å². The lowest BCUT2D eigenvalue weighted by molar-refractivity contribution is 0.00718. The summed E-state index contributed by atoms with van der Waals surface area (Å²) in [6.07, 6.45) is 3.02. The fourth-order valence-electron chi connectivity index (χ4n) is 1.54. The summed E-state index contributed by atoms with van der Waals surface area (Å²) in [6.45, 7) is 5.43. The smallest absolute Gasteiger partial charge is 0.342 e. The Bertz CT molecular complexity index is 644. The van der Waals surface area contributed by atoms with E-state index in [-0.39, 0.29) is 0 Å². The van der Waals surface area contributed by atoms with Gasteiger partial charge >= 0.3 is 5.97 Å². The van der Waals surface area contributed by atoms with E-state index in [2.05, 4.69) is 5.10 Å². The molecule has 5 heteroatoms. The predicted molar refractivity (Wildman–Crippen MR) is 65.1 cm³/mol. The Hall–Kier alpha value is -2.35. The molecule has 2 aromatic heterocycles. The molecule has 0 radical (unpaired) electrons. The number of fused-ring (bicyclic) bond motifs is 1. The Morgan fingerprint density at radius 2 is 2.17 bits per heavy atom. The second kappa shape index (κ2) is 4.15. The van der Waals surface area contributed by atoms with Crippen LogP contribution in [0.3, 0.4) is 0 Å². The van der Waals surface area contributed by atoms with Crippen LogP contribution in [0.1, 0.15) is 36.7 Å². The molecule has 0 aromatic carbocycles. The highest BCUT2D eigenvalue weighted by molar-refractivity contribution is 5.96. The van der Waals surface area contributed by atoms with Gasteiger partial charge in [0.15, 0.2) is 0 Å². The summed E-state index contributed by atoms with van der Waals surface area (Å²) in [7, 11) is 0. The number of carbonyl (C=O) groups excluding carboxylic acids is 1. The Balaban J connectivity index is 2.42. The minimum Gasteiger partial charge on any atom is -0.456 e. The van der Waals surface area contributed by atoms with Crippen molar-refractivity contribution in [2.24, 2.45) is 0 Å². The highest BCUT2D eigenvalue weighted by Crippen LogP contribution is 2.16. The van der Waals surface area contributed by atoms with Crippen LogP contribution in [-0.4, -0.2) is 21.2 Å². The van der Waals surface area contributed by atoms with Crippen molar-refractivity contribution < 1.29 is 9.53 Å². The van der Waals surface area contributed by atoms with Gasteiger partial charge in [-0.25, -0.2) is 9.31 Å². The van der Waals surface area contributed by atoms with Gasteiger partial charge in [0.1, 0.15) is 17.2 Å². The van der Waals surface area contributed by atoms with E-state index in [1.807, 2.05) is 26.8 Å². The van der Waals surface area contributed by atoms with Crippen LogP contribution in [0.25, 0.3) is 5.52 Å². The maximum atomic E-state index is 11.9. The number of carbonyl (C=O) groups is 1. The Kier molecular flexibility index (Phi) is 2.79. The lowest BCUT2D eigenvalue weighted by atomic mass is 10.2. The van der Waals surface area contributed by atoms with Crippen molar-refractivity contribution in [1.29, 1.82) is 5.26 Å². The van der Waals surface area contributed by atoms with Gasteiger partial charge < -0.3 is 4.74 Å². The monoisotopic (exact) mass is 243 g/mol. The first-order valence-corrected chi connectivity index (χ1v) is 5.51. The fraction of sp³-hybridized carbons (Fsp3) is 0.308. The van der Waals surface area contributed by atoms with E-state index in [1.54, 1.807) is 18.3 Å². The summed E-state index contributed by atoms with van der Waals surface area (Å²) in [6, 6.07) is 5.35. The zero-order chi connectivity index (χ0) is 13.3. The number of hydrogen-bond acceptors (Lipinski definition) is 4. The third kappa shape index (κ3) is 2.33. The number of nitrogens with zero attached hydrogens (tertiary/aromatic N) is 3. The van der Waals surface area contributed by atoms with Crippen LogP contribution >= 0.6 is 0 Å². The number of pyridine rings is 1. The van der Waals surface area contributed by atoms with Crippen molar-refractivity contribution in [2.45, 2.75) is 26.4 Å². The van der Waals surface area contributed by atoms with Crippen molar-refractivity contribution in [3.05, 3.63) is 35.7 Å². The Morgan fingerprint density at radius 1 is 1.44 bits per heavy atom. The summed E-state index contributed by atoms with van der Waals surface area (Å²) in [4.78, 5) is 11.9. The number of ether oxygens (including phenoxy) is 1. The number of hydrogen-bond donors (Lipinski definition) is 0. The van der Waals surface area contributed by atoms with Gasteiger partial charge in [0.05, 0.1) is 17.3 Å². The van der Waals surface area contributed by atoms with Crippen molar-refractivity contribution >= 4 is 11.5 Å². The van der Waals surface area contributed by atoms with E-state index in [4.69, 9.17) is 10.00 Å². The Labute approximate surface area is 105 Å². The molecule has 0 bridgehead atoms. The minimum atomic E-state index is -0.544. The topological polar surface area (TPSA) is 67.4 Å². The molecular formula is C13H13N3O2. The molecule has 0 amide bonds. The first-order valence-electron chi connectivity index (χ1n) is 5.51. The van der Waals surface area contributed by atoms with Gasteiger partial charge in [-0.2, -0.15) is 10.4 Å². The standard InChI is InChI=1S/C13H13N3O2/c1-13(2,3)18-12(17)10-7-15-16-8-9(6-14)4-5-11(10)16/h4-5,7-8H,1-3H3. The number of rotatable bonds is 1. The summed E-state index contributed by atoms with van der Waals surface area (Å²) in [5.41, 5.74) is 0.969. The van der Waals surface area contributed by atoms with E-state index in [0.717, 1.165) is 0 Å². The van der Waals surface area contributed by atoms with Crippen molar-refractivity contribution in [3.8, 4) is 6.07 Å². The molecule has 0 saturated carbocycles. The zero-order valence-corrected chi connectivity index (χ0v) is 10.5. The van der Waals surface area contributed by atoms with E-state index >= 15 is 0 Å². The summed E-state index contributed by atoms with van der Waals surface area (Å²) < 4.78 is 6.79. The van der Waals surface area contributed by atoms with Crippen molar-refractivity contribution in [1.82, 2.24) is 9.61 Å². The van der Waals surface area contributed by atoms with Gasteiger partial charge in [-0.1, -0.05) is 0 Å². The maximum Gasteiger partial charge on any atom is 0.342 e. The number of esters is 1. The van der Waals surface area contributed by atoms with Crippen LogP contribution in [0.15, 0.2) is 24.5 Å². The van der Waals surface area contributed by atoms with E-state index in [1.165, 1.54) is 10.7 Å². The number of aromatic nitrogens is 2. The molecule has 0 spiro atoms. The molecule has 5 nitrogen and oxygen atoms in total. The molecule has 2 aromatic rings. The second-order valence-corrected chi connectivity index (χ2v) is 4.92. The van der Waals surface area contributed by atoms with Gasteiger partial charge in [-0.3, -0.25) is 0 Å². The largest absolute Gasteiger partial charge is 0.456 e. The van der Waals surface area contributed by atoms with Gasteiger partial charge in [0, 0.05) is 6.20 Å². The molecule has 0 N–H and O–H groups in total. The lowest BCUT2D eigenvalue weighted by Gasteiger charge is -2.18. The third-order valence-corrected chi connectivity index (χ3v) is 2.26. The van der Waals surface area contributed by atoms with Gasteiger partial charge in [0.25, 0.3) is 0 Å². The highest BCUT2D eigenvalue weighted by Gasteiger charge is 2.20. The lowest BCUT2D eigenvalue weighted by Crippen LogP contribution is -2.23.